The maximum Gasteiger partial charge on any atom is 0.326 e. The van der Waals surface area contributed by atoms with Crippen molar-refractivity contribution < 1.29 is 14.7 Å². The summed E-state index contributed by atoms with van der Waals surface area (Å²) in [4.78, 5) is 22.6. The molecule has 0 fully saturated rings. The lowest BCUT2D eigenvalue weighted by atomic mass is 9.86. The number of rotatable bonds is 4. The molecule has 4 N–H and O–H groups in total. The van der Waals surface area contributed by atoms with Crippen molar-refractivity contribution in [2.75, 3.05) is 0 Å². The van der Waals surface area contributed by atoms with Gasteiger partial charge in [-0.05, 0) is 11.3 Å². The number of amides is 1. The number of aliphatic carboxylic acids is 1. The lowest BCUT2D eigenvalue weighted by molar-refractivity contribution is -0.143. The predicted molar refractivity (Wildman–Crippen MR) is 61.8 cm³/mol. The van der Waals surface area contributed by atoms with Gasteiger partial charge in [-0.15, -0.1) is 0 Å². The van der Waals surface area contributed by atoms with E-state index in [1.807, 2.05) is 20.8 Å². The van der Waals surface area contributed by atoms with Gasteiger partial charge >= 0.3 is 5.97 Å². The first-order chi connectivity index (χ1) is 7.07. The van der Waals surface area contributed by atoms with Crippen molar-refractivity contribution in [3.8, 4) is 0 Å². The number of carbonyl (C=O) groups is 2. The molecule has 0 rings (SSSR count). The van der Waals surface area contributed by atoms with E-state index in [0.29, 0.717) is 0 Å². The van der Waals surface area contributed by atoms with Crippen LogP contribution in [0.15, 0.2) is 0 Å². The average Bonchev–Trinajstić information content (AvgIpc) is 2.09. The summed E-state index contributed by atoms with van der Waals surface area (Å²) in [5.41, 5.74) is 5.35. The minimum absolute atomic E-state index is 0.173. The molecule has 5 nitrogen and oxygen atoms in total. The molecule has 0 aliphatic heterocycles. The van der Waals surface area contributed by atoms with Crippen molar-refractivity contribution in [1.29, 1.82) is 0 Å². The molecule has 0 aromatic carbocycles. The zero-order valence-electron chi connectivity index (χ0n) is 10.6. The molecule has 0 aromatic heterocycles. The molecule has 0 aliphatic carbocycles. The van der Waals surface area contributed by atoms with Gasteiger partial charge in [0.15, 0.2) is 0 Å². The molecule has 0 aromatic rings. The summed E-state index contributed by atoms with van der Waals surface area (Å²) in [5.74, 6) is -1.63. The van der Waals surface area contributed by atoms with Crippen LogP contribution in [0.3, 0.4) is 0 Å². The minimum atomic E-state index is -1.04. The highest BCUT2D eigenvalue weighted by Crippen LogP contribution is 2.17. The van der Waals surface area contributed by atoms with Crippen LogP contribution < -0.4 is 11.1 Å². The third kappa shape index (κ3) is 4.18. The molecular formula is C11H22N2O3. The number of nitrogens with two attached hydrogens (primary N) is 1. The van der Waals surface area contributed by atoms with Crippen LogP contribution in [0.2, 0.25) is 0 Å². The van der Waals surface area contributed by atoms with Crippen molar-refractivity contribution in [3.63, 3.8) is 0 Å². The lowest BCUT2D eigenvalue weighted by Gasteiger charge is -2.28. The average molecular weight is 230 g/mol. The molecule has 0 heterocycles. The summed E-state index contributed by atoms with van der Waals surface area (Å²) in [5, 5.41) is 11.4. The van der Waals surface area contributed by atoms with Crippen LogP contribution in [0.4, 0.5) is 0 Å². The zero-order valence-corrected chi connectivity index (χ0v) is 10.6. The van der Waals surface area contributed by atoms with Gasteiger partial charge in [0.25, 0.3) is 0 Å². The predicted octanol–water partition coefficient (Wildman–Crippen LogP) is 0.585. The maximum absolute atomic E-state index is 11.7. The van der Waals surface area contributed by atoms with Crippen LogP contribution in [0.5, 0.6) is 0 Å². The van der Waals surface area contributed by atoms with Crippen molar-refractivity contribution in [3.05, 3.63) is 0 Å². The van der Waals surface area contributed by atoms with E-state index in [0.717, 1.165) is 0 Å². The molecule has 94 valence electrons. The number of carboxylic acid groups (broad SMARTS) is 1. The lowest BCUT2D eigenvalue weighted by Crippen LogP contribution is -2.54. The topological polar surface area (TPSA) is 92.4 Å². The highest BCUT2D eigenvalue weighted by molar-refractivity contribution is 5.87. The van der Waals surface area contributed by atoms with E-state index < -0.39 is 24.0 Å². The van der Waals surface area contributed by atoms with Gasteiger partial charge in [-0.3, -0.25) is 4.79 Å². The Hall–Kier alpha value is -1.10. The number of carbonyl (C=O) groups excluding carboxylic acids is 1. The molecular weight excluding hydrogens is 208 g/mol. The van der Waals surface area contributed by atoms with Gasteiger partial charge in [-0.1, -0.05) is 34.6 Å². The minimum Gasteiger partial charge on any atom is -0.480 e. The van der Waals surface area contributed by atoms with Gasteiger partial charge in [-0.2, -0.15) is 0 Å². The molecule has 1 amide bonds. The molecule has 2 atom stereocenters. The van der Waals surface area contributed by atoms with Crippen LogP contribution >= 0.6 is 0 Å². The van der Waals surface area contributed by atoms with Crippen molar-refractivity contribution in [1.82, 2.24) is 5.32 Å². The van der Waals surface area contributed by atoms with E-state index >= 15 is 0 Å². The number of hydrogen-bond acceptors (Lipinski definition) is 3. The summed E-state index contributed by atoms with van der Waals surface area (Å²) in [6, 6.07) is -1.60. The van der Waals surface area contributed by atoms with Crippen molar-refractivity contribution in [2.24, 2.45) is 17.1 Å². The van der Waals surface area contributed by atoms with E-state index in [1.54, 1.807) is 13.8 Å². The SMILES string of the molecule is CC(C)[C@@H](NC(=O)C(N)C(C)(C)C)C(=O)O. The molecule has 0 saturated carbocycles. The first kappa shape index (κ1) is 14.9. The van der Waals surface area contributed by atoms with Crippen LogP contribution in [0.1, 0.15) is 34.6 Å². The Balaban J connectivity index is 4.60. The summed E-state index contributed by atoms with van der Waals surface area (Å²) >= 11 is 0. The molecule has 0 aliphatic rings. The summed E-state index contributed by atoms with van der Waals surface area (Å²) < 4.78 is 0. The third-order valence-electron chi connectivity index (χ3n) is 2.45. The van der Waals surface area contributed by atoms with Crippen LogP contribution in [-0.4, -0.2) is 29.1 Å². The molecule has 0 radical (unpaired) electrons. The van der Waals surface area contributed by atoms with E-state index in [2.05, 4.69) is 5.32 Å². The maximum atomic E-state index is 11.7. The summed E-state index contributed by atoms with van der Waals surface area (Å²) in [7, 11) is 0. The number of nitrogens with one attached hydrogen (secondary N) is 1. The molecule has 0 spiro atoms. The molecule has 0 bridgehead atoms. The van der Waals surface area contributed by atoms with Crippen molar-refractivity contribution in [2.45, 2.75) is 46.7 Å². The first-order valence-corrected chi connectivity index (χ1v) is 5.36. The van der Waals surface area contributed by atoms with Crippen LogP contribution in [0.25, 0.3) is 0 Å². The Morgan fingerprint density at radius 1 is 1.25 bits per heavy atom. The second-order valence-electron chi connectivity index (χ2n) is 5.41. The van der Waals surface area contributed by atoms with E-state index in [9.17, 15) is 9.59 Å². The van der Waals surface area contributed by atoms with Gasteiger partial charge < -0.3 is 16.2 Å². The summed E-state index contributed by atoms with van der Waals surface area (Å²) in [6.45, 7) is 8.98. The third-order valence-corrected chi connectivity index (χ3v) is 2.45. The second-order valence-corrected chi connectivity index (χ2v) is 5.41. The molecule has 1 unspecified atom stereocenters. The quantitative estimate of drug-likeness (QED) is 0.659. The highest BCUT2D eigenvalue weighted by Gasteiger charge is 2.31. The smallest absolute Gasteiger partial charge is 0.326 e. The fourth-order valence-electron chi connectivity index (χ4n) is 1.15. The van der Waals surface area contributed by atoms with Gasteiger partial charge in [0.2, 0.25) is 5.91 Å². The summed E-state index contributed by atoms with van der Waals surface area (Å²) in [6.07, 6.45) is 0. The van der Waals surface area contributed by atoms with Crippen LogP contribution in [0, 0.1) is 11.3 Å². The molecule has 5 heteroatoms. The van der Waals surface area contributed by atoms with Gasteiger partial charge in [-0.25, -0.2) is 4.79 Å². The Morgan fingerprint density at radius 2 is 1.69 bits per heavy atom. The van der Waals surface area contributed by atoms with E-state index in [1.165, 1.54) is 0 Å². The number of carboxylic acids is 1. The first-order valence-electron chi connectivity index (χ1n) is 5.36. The largest absolute Gasteiger partial charge is 0.480 e. The standard InChI is InChI=1S/C11H22N2O3/c1-6(2)7(10(15)16)13-9(14)8(12)11(3,4)5/h6-8H,12H2,1-5H3,(H,13,14)(H,15,16)/t7-,8?/m1/s1. The highest BCUT2D eigenvalue weighted by atomic mass is 16.4. The fourth-order valence-corrected chi connectivity index (χ4v) is 1.15. The van der Waals surface area contributed by atoms with E-state index in [-0.39, 0.29) is 11.3 Å². The van der Waals surface area contributed by atoms with Crippen LogP contribution in [-0.2, 0) is 9.59 Å². The Labute approximate surface area is 96.4 Å². The monoisotopic (exact) mass is 230 g/mol. The zero-order chi connectivity index (χ0) is 13.1. The molecule has 16 heavy (non-hydrogen) atoms. The normalized spacial score (nSPS) is 15.7. The fraction of sp³-hybridized carbons (Fsp3) is 0.818. The Bertz CT molecular complexity index is 269. The van der Waals surface area contributed by atoms with Gasteiger partial charge in [0.1, 0.15) is 6.04 Å². The van der Waals surface area contributed by atoms with Gasteiger partial charge in [0.05, 0.1) is 6.04 Å². The Kier molecular flexibility index (Phi) is 4.93. The Morgan fingerprint density at radius 3 is 1.94 bits per heavy atom. The van der Waals surface area contributed by atoms with Crippen molar-refractivity contribution >= 4 is 11.9 Å². The number of hydrogen-bond donors (Lipinski definition) is 3. The van der Waals surface area contributed by atoms with E-state index in [4.69, 9.17) is 10.8 Å². The second kappa shape index (κ2) is 5.30. The molecule has 0 saturated heterocycles. The van der Waals surface area contributed by atoms with Gasteiger partial charge in [0, 0.05) is 0 Å².